The van der Waals surface area contributed by atoms with Gasteiger partial charge in [0.25, 0.3) is 0 Å². The molecule has 0 saturated heterocycles. The fourth-order valence-corrected chi connectivity index (χ4v) is 2.30. The zero-order chi connectivity index (χ0) is 12.6. The third-order valence-corrected chi connectivity index (χ3v) is 3.76. The van der Waals surface area contributed by atoms with Crippen molar-refractivity contribution in [2.75, 3.05) is 5.32 Å². The van der Waals surface area contributed by atoms with Crippen LogP contribution in [0.1, 0.15) is 18.4 Å². The topological polar surface area (TPSA) is 70.7 Å². The van der Waals surface area contributed by atoms with Crippen LogP contribution in [0.2, 0.25) is 0 Å². The van der Waals surface area contributed by atoms with E-state index in [9.17, 15) is 4.79 Å². The molecule has 6 heteroatoms. The van der Waals surface area contributed by atoms with Crippen LogP contribution in [-0.2, 0) is 10.2 Å². The average Bonchev–Trinajstić information content (AvgIpc) is 3.03. The van der Waals surface area contributed by atoms with E-state index in [0.29, 0.717) is 5.95 Å². The molecule has 18 heavy (non-hydrogen) atoms. The summed E-state index contributed by atoms with van der Waals surface area (Å²) in [5.74, 6) is 0.366. The summed E-state index contributed by atoms with van der Waals surface area (Å²) in [6.45, 7) is 0. The van der Waals surface area contributed by atoms with Crippen molar-refractivity contribution in [1.29, 1.82) is 0 Å². The molecule has 1 fully saturated rings. The van der Waals surface area contributed by atoms with Gasteiger partial charge in [0.1, 0.15) is 6.33 Å². The second kappa shape index (κ2) is 4.20. The molecule has 2 aromatic rings. The number of aromatic amines is 1. The summed E-state index contributed by atoms with van der Waals surface area (Å²) >= 11 is 3.39. The monoisotopic (exact) mass is 306 g/mol. The molecule has 1 aromatic carbocycles. The highest BCUT2D eigenvalue weighted by Gasteiger charge is 2.51. The zero-order valence-corrected chi connectivity index (χ0v) is 11.1. The van der Waals surface area contributed by atoms with E-state index in [0.717, 1.165) is 22.9 Å². The van der Waals surface area contributed by atoms with E-state index in [2.05, 4.69) is 36.4 Å². The maximum Gasteiger partial charge on any atom is 0.237 e. The third-order valence-electron chi connectivity index (χ3n) is 3.23. The molecule has 5 nitrogen and oxygen atoms in total. The fourth-order valence-electron chi connectivity index (χ4n) is 2.03. The molecule has 1 aromatic heterocycles. The molecule has 0 bridgehead atoms. The van der Waals surface area contributed by atoms with Crippen molar-refractivity contribution in [3.8, 4) is 0 Å². The van der Waals surface area contributed by atoms with Gasteiger partial charge in [-0.05, 0) is 30.5 Å². The number of hydrogen-bond acceptors (Lipinski definition) is 3. The number of rotatable bonds is 3. The number of nitrogens with one attached hydrogen (secondary N) is 2. The number of anilines is 1. The molecule has 1 heterocycles. The first-order valence-electron chi connectivity index (χ1n) is 5.64. The Kier molecular flexibility index (Phi) is 2.66. The lowest BCUT2D eigenvalue weighted by atomic mass is 9.95. The van der Waals surface area contributed by atoms with E-state index >= 15 is 0 Å². The molecule has 0 radical (unpaired) electrons. The number of benzene rings is 1. The molecule has 1 aliphatic carbocycles. The van der Waals surface area contributed by atoms with Crippen LogP contribution < -0.4 is 5.32 Å². The van der Waals surface area contributed by atoms with Gasteiger partial charge in [-0.1, -0.05) is 28.1 Å². The van der Waals surface area contributed by atoms with Gasteiger partial charge in [-0.2, -0.15) is 10.1 Å². The molecule has 0 aliphatic heterocycles. The molecule has 0 unspecified atom stereocenters. The number of halogens is 1. The van der Waals surface area contributed by atoms with Gasteiger partial charge in [0.15, 0.2) is 0 Å². The molecule has 3 rings (SSSR count). The third kappa shape index (κ3) is 1.92. The number of carbonyl (C=O) groups excluding carboxylic acids is 1. The molecule has 1 saturated carbocycles. The number of aromatic nitrogens is 3. The van der Waals surface area contributed by atoms with Crippen LogP contribution in [0.15, 0.2) is 35.1 Å². The lowest BCUT2D eigenvalue weighted by Crippen LogP contribution is -2.28. The zero-order valence-electron chi connectivity index (χ0n) is 9.48. The minimum Gasteiger partial charge on any atom is -0.294 e. The van der Waals surface area contributed by atoms with Crippen LogP contribution in [0.3, 0.4) is 0 Å². The lowest BCUT2D eigenvalue weighted by Gasteiger charge is -2.14. The minimum atomic E-state index is -0.395. The molecular weight excluding hydrogens is 296 g/mol. The van der Waals surface area contributed by atoms with E-state index in [-0.39, 0.29) is 5.91 Å². The Labute approximate surface area is 112 Å². The van der Waals surface area contributed by atoms with Crippen LogP contribution in [-0.4, -0.2) is 21.1 Å². The first-order valence-corrected chi connectivity index (χ1v) is 6.43. The summed E-state index contributed by atoms with van der Waals surface area (Å²) in [5, 5.41) is 9.09. The summed E-state index contributed by atoms with van der Waals surface area (Å²) in [6.07, 6.45) is 3.11. The molecule has 0 spiro atoms. The van der Waals surface area contributed by atoms with Crippen molar-refractivity contribution in [3.05, 3.63) is 40.6 Å². The summed E-state index contributed by atoms with van der Waals surface area (Å²) in [5.41, 5.74) is 0.649. The Hall–Kier alpha value is -1.69. The standard InChI is InChI=1S/C12H11BrN4O/c13-9-3-1-8(2-4-9)12(5-6-12)10(18)16-11-14-7-15-17-11/h1-4,7H,5-6H2,(H2,14,15,16,17,18). The quantitative estimate of drug-likeness (QED) is 0.913. The predicted octanol–water partition coefficient (Wildman–Crippen LogP) is 2.24. The lowest BCUT2D eigenvalue weighted by molar-refractivity contribution is -0.118. The van der Waals surface area contributed by atoms with Gasteiger partial charge in [0, 0.05) is 4.47 Å². The largest absolute Gasteiger partial charge is 0.294 e. The van der Waals surface area contributed by atoms with E-state index < -0.39 is 5.41 Å². The molecule has 2 N–H and O–H groups in total. The van der Waals surface area contributed by atoms with Crippen molar-refractivity contribution >= 4 is 27.8 Å². The highest BCUT2D eigenvalue weighted by Crippen LogP contribution is 2.49. The average molecular weight is 307 g/mol. The minimum absolute atomic E-state index is 0.0263. The Bertz CT molecular complexity index is 560. The second-order valence-corrected chi connectivity index (χ2v) is 5.29. The van der Waals surface area contributed by atoms with Crippen LogP contribution in [0.25, 0.3) is 0 Å². The summed E-state index contributed by atoms with van der Waals surface area (Å²) in [7, 11) is 0. The van der Waals surface area contributed by atoms with Gasteiger partial charge in [-0.3, -0.25) is 10.1 Å². The van der Waals surface area contributed by atoms with Crippen LogP contribution in [0.5, 0.6) is 0 Å². The van der Waals surface area contributed by atoms with Gasteiger partial charge in [-0.25, -0.2) is 5.10 Å². The SMILES string of the molecule is O=C(Nc1ncn[nH]1)C1(c2ccc(Br)cc2)CC1. The Balaban J connectivity index is 1.82. The summed E-state index contributed by atoms with van der Waals surface area (Å²) < 4.78 is 1.01. The molecule has 1 aliphatic rings. The Morgan fingerprint density at radius 3 is 2.61 bits per heavy atom. The van der Waals surface area contributed by atoms with Gasteiger partial charge in [0.05, 0.1) is 5.41 Å². The predicted molar refractivity (Wildman–Crippen MR) is 70.1 cm³/mol. The number of amides is 1. The number of nitrogens with zero attached hydrogens (tertiary/aromatic N) is 2. The van der Waals surface area contributed by atoms with Crippen molar-refractivity contribution in [2.24, 2.45) is 0 Å². The van der Waals surface area contributed by atoms with Crippen LogP contribution in [0, 0.1) is 0 Å². The summed E-state index contributed by atoms with van der Waals surface area (Å²) in [4.78, 5) is 16.2. The van der Waals surface area contributed by atoms with E-state index in [1.54, 1.807) is 0 Å². The summed E-state index contributed by atoms with van der Waals surface area (Å²) in [6, 6.07) is 7.88. The first-order chi connectivity index (χ1) is 8.71. The highest BCUT2D eigenvalue weighted by molar-refractivity contribution is 9.10. The highest BCUT2D eigenvalue weighted by atomic mass is 79.9. The maximum absolute atomic E-state index is 12.3. The van der Waals surface area contributed by atoms with Crippen molar-refractivity contribution in [3.63, 3.8) is 0 Å². The fraction of sp³-hybridized carbons (Fsp3) is 0.250. The van der Waals surface area contributed by atoms with Gasteiger partial charge >= 0.3 is 0 Å². The van der Waals surface area contributed by atoms with Gasteiger partial charge in [-0.15, -0.1) is 0 Å². The molecule has 92 valence electrons. The van der Waals surface area contributed by atoms with Crippen LogP contribution in [0.4, 0.5) is 5.95 Å². The molecular formula is C12H11BrN4O. The van der Waals surface area contributed by atoms with E-state index in [1.807, 2.05) is 24.3 Å². The smallest absolute Gasteiger partial charge is 0.237 e. The maximum atomic E-state index is 12.3. The van der Waals surface area contributed by atoms with E-state index in [4.69, 9.17) is 0 Å². The second-order valence-electron chi connectivity index (χ2n) is 4.38. The van der Waals surface area contributed by atoms with Gasteiger partial charge in [0.2, 0.25) is 11.9 Å². The normalized spacial score (nSPS) is 16.3. The Morgan fingerprint density at radius 2 is 2.06 bits per heavy atom. The van der Waals surface area contributed by atoms with Crippen LogP contribution >= 0.6 is 15.9 Å². The van der Waals surface area contributed by atoms with Crippen molar-refractivity contribution in [2.45, 2.75) is 18.3 Å². The van der Waals surface area contributed by atoms with Crippen molar-refractivity contribution in [1.82, 2.24) is 15.2 Å². The molecule has 0 atom stereocenters. The number of H-pyrrole nitrogens is 1. The number of hydrogen-bond donors (Lipinski definition) is 2. The number of carbonyl (C=O) groups is 1. The molecule has 1 amide bonds. The van der Waals surface area contributed by atoms with E-state index in [1.165, 1.54) is 6.33 Å². The van der Waals surface area contributed by atoms with Crippen molar-refractivity contribution < 1.29 is 4.79 Å². The Morgan fingerprint density at radius 1 is 1.33 bits per heavy atom. The first kappa shape index (κ1) is 11.4. The van der Waals surface area contributed by atoms with Gasteiger partial charge < -0.3 is 0 Å².